The second-order valence-corrected chi connectivity index (χ2v) is 16.9. The van der Waals surface area contributed by atoms with Gasteiger partial charge in [0.2, 0.25) is 0 Å². The van der Waals surface area contributed by atoms with Gasteiger partial charge in [-0.05, 0) is 83.6 Å². The van der Waals surface area contributed by atoms with Crippen LogP contribution >= 0.6 is 0 Å². The van der Waals surface area contributed by atoms with E-state index < -0.39 is 19.9 Å². The van der Waals surface area contributed by atoms with Crippen LogP contribution in [-0.4, -0.2) is 70.1 Å². The lowest BCUT2D eigenvalue weighted by Crippen LogP contribution is -2.40. The molecule has 5 heterocycles. The van der Waals surface area contributed by atoms with Crippen LogP contribution in [0.3, 0.4) is 0 Å². The molecule has 3 aliphatic rings. The SMILES string of the molecule is O=S1(=O)CCN(c2ccc(CN3CC4(CCOCC4)c4cc(-c5ccnc6c5ccn6S(=O)(=O)c5ccccc5)ccc43)cc2)CC1. The molecule has 47 heavy (non-hydrogen) atoms. The van der Waals surface area contributed by atoms with Crippen molar-refractivity contribution in [2.24, 2.45) is 0 Å². The summed E-state index contributed by atoms with van der Waals surface area (Å²) in [5, 5.41) is 0.786. The Morgan fingerprint density at radius 1 is 0.872 bits per heavy atom. The highest BCUT2D eigenvalue weighted by Crippen LogP contribution is 2.49. The van der Waals surface area contributed by atoms with Crippen molar-refractivity contribution in [3.05, 3.63) is 108 Å². The molecule has 11 heteroatoms. The summed E-state index contributed by atoms with van der Waals surface area (Å²) in [5.74, 6) is 0.410. The number of nitrogens with zero attached hydrogens (tertiary/aromatic N) is 4. The lowest BCUT2D eigenvalue weighted by molar-refractivity contribution is 0.0553. The molecule has 3 aromatic carbocycles. The molecule has 0 unspecified atom stereocenters. The molecule has 0 saturated carbocycles. The molecular formula is C36H36N4O5S2. The molecule has 2 aromatic heterocycles. The van der Waals surface area contributed by atoms with Crippen LogP contribution in [0, 0.1) is 0 Å². The third kappa shape index (κ3) is 5.40. The normalized spacial score (nSPS) is 18.9. The topological polar surface area (TPSA) is 102 Å². The van der Waals surface area contributed by atoms with E-state index in [-0.39, 0.29) is 21.8 Å². The molecule has 0 atom stereocenters. The third-order valence-corrected chi connectivity index (χ3v) is 13.3. The summed E-state index contributed by atoms with van der Waals surface area (Å²) in [7, 11) is -6.72. The Bertz CT molecular complexity index is 2160. The average Bonchev–Trinajstić information content (AvgIpc) is 3.66. The fourth-order valence-electron chi connectivity index (χ4n) is 7.44. The van der Waals surface area contributed by atoms with Crippen molar-refractivity contribution in [3.63, 3.8) is 0 Å². The van der Waals surface area contributed by atoms with Gasteiger partial charge in [0.05, 0.1) is 16.4 Å². The predicted octanol–water partition coefficient (Wildman–Crippen LogP) is 5.24. The number of anilines is 2. The second kappa shape index (κ2) is 11.5. The number of pyridine rings is 1. The van der Waals surface area contributed by atoms with Crippen LogP contribution in [0.25, 0.3) is 22.2 Å². The van der Waals surface area contributed by atoms with Crippen molar-refractivity contribution in [2.75, 3.05) is 54.2 Å². The smallest absolute Gasteiger partial charge is 0.269 e. The minimum Gasteiger partial charge on any atom is -0.381 e. The zero-order valence-corrected chi connectivity index (χ0v) is 27.6. The Morgan fingerprint density at radius 3 is 2.36 bits per heavy atom. The monoisotopic (exact) mass is 668 g/mol. The first-order chi connectivity index (χ1) is 22.7. The summed E-state index contributed by atoms with van der Waals surface area (Å²) in [6.07, 6.45) is 5.16. The van der Waals surface area contributed by atoms with Gasteiger partial charge in [-0.25, -0.2) is 25.8 Å². The Labute approximate surface area is 275 Å². The standard InChI is InChI=1S/C36H36N4O5S2/c41-46(42)22-18-38(19-23-46)29-9-6-27(7-10-29)25-39-26-36(14-20-45-21-15-36)33-24-28(8-11-34(33)39)31-12-16-37-35-32(31)13-17-40(35)47(43,44)30-4-2-1-3-5-30/h1-13,16-17,24H,14-15,18-23,25-26H2. The van der Waals surface area contributed by atoms with Crippen LogP contribution < -0.4 is 9.80 Å². The molecule has 3 aliphatic heterocycles. The van der Waals surface area contributed by atoms with Gasteiger partial charge in [0, 0.05) is 74.0 Å². The van der Waals surface area contributed by atoms with E-state index in [0.29, 0.717) is 18.7 Å². The van der Waals surface area contributed by atoms with Crippen molar-refractivity contribution in [1.82, 2.24) is 8.96 Å². The molecule has 8 rings (SSSR count). The number of benzene rings is 3. The molecule has 242 valence electrons. The van der Waals surface area contributed by atoms with E-state index >= 15 is 0 Å². The van der Waals surface area contributed by atoms with Gasteiger partial charge in [-0.15, -0.1) is 0 Å². The van der Waals surface area contributed by atoms with Gasteiger partial charge >= 0.3 is 0 Å². The Morgan fingerprint density at radius 2 is 1.62 bits per heavy atom. The van der Waals surface area contributed by atoms with Gasteiger partial charge in [0.15, 0.2) is 15.5 Å². The summed E-state index contributed by atoms with van der Waals surface area (Å²) in [5.41, 5.74) is 7.15. The molecule has 9 nitrogen and oxygen atoms in total. The highest BCUT2D eigenvalue weighted by molar-refractivity contribution is 7.91. The minimum absolute atomic E-state index is 0.0302. The lowest BCUT2D eigenvalue weighted by Gasteiger charge is -2.34. The van der Waals surface area contributed by atoms with Gasteiger partial charge in [-0.2, -0.15) is 0 Å². The first kappa shape index (κ1) is 30.2. The Kier molecular flexibility index (Phi) is 7.38. The summed E-state index contributed by atoms with van der Waals surface area (Å²) in [4.78, 5) is 9.35. The summed E-state index contributed by atoms with van der Waals surface area (Å²) < 4.78 is 57.9. The molecule has 5 aromatic rings. The molecule has 2 fully saturated rings. The van der Waals surface area contributed by atoms with E-state index in [1.54, 1.807) is 42.7 Å². The van der Waals surface area contributed by atoms with E-state index in [1.807, 2.05) is 12.1 Å². The zero-order valence-electron chi connectivity index (χ0n) is 26.0. The lowest BCUT2D eigenvalue weighted by atomic mass is 9.75. The van der Waals surface area contributed by atoms with Crippen molar-refractivity contribution >= 4 is 42.3 Å². The van der Waals surface area contributed by atoms with Gasteiger partial charge in [-0.3, -0.25) is 0 Å². The summed E-state index contributed by atoms with van der Waals surface area (Å²) >= 11 is 0. The number of rotatable bonds is 6. The Hall–Kier alpha value is -4.19. The van der Waals surface area contributed by atoms with Crippen LogP contribution in [0.2, 0.25) is 0 Å². The Balaban J connectivity index is 1.11. The quantitative estimate of drug-likeness (QED) is 0.242. The van der Waals surface area contributed by atoms with E-state index in [0.717, 1.165) is 61.3 Å². The zero-order chi connectivity index (χ0) is 32.2. The van der Waals surface area contributed by atoms with Crippen LogP contribution in [0.1, 0.15) is 24.0 Å². The molecule has 0 amide bonds. The molecule has 1 spiro atoms. The van der Waals surface area contributed by atoms with Crippen LogP contribution in [-0.2, 0) is 36.6 Å². The first-order valence-corrected chi connectivity index (χ1v) is 19.3. The molecule has 0 aliphatic carbocycles. The van der Waals surface area contributed by atoms with E-state index in [1.165, 1.54) is 20.8 Å². The third-order valence-electron chi connectivity index (χ3n) is 10.0. The summed E-state index contributed by atoms with van der Waals surface area (Å²) in [6.45, 7) is 4.17. The van der Waals surface area contributed by atoms with Gasteiger partial charge in [0.1, 0.15) is 0 Å². The maximum atomic E-state index is 13.5. The fraction of sp³-hybridized carbons (Fsp3) is 0.306. The van der Waals surface area contributed by atoms with Crippen LogP contribution in [0.4, 0.5) is 11.4 Å². The first-order valence-electron chi connectivity index (χ1n) is 16.0. The van der Waals surface area contributed by atoms with Crippen LogP contribution in [0.15, 0.2) is 102 Å². The van der Waals surface area contributed by atoms with E-state index in [9.17, 15) is 16.8 Å². The minimum atomic E-state index is -3.80. The average molecular weight is 669 g/mol. The molecule has 2 saturated heterocycles. The van der Waals surface area contributed by atoms with Crippen LogP contribution in [0.5, 0.6) is 0 Å². The van der Waals surface area contributed by atoms with Gasteiger partial charge in [0.25, 0.3) is 10.0 Å². The highest BCUT2D eigenvalue weighted by atomic mass is 32.2. The fourth-order valence-corrected chi connectivity index (χ4v) is 9.96. The van der Waals surface area contributed by atoms with Crippen molar-refractivity contribution in [1.29, 1.82) is 0 Å². The summed E-state index contributed by atoms with van der Waals surface area (Å²) in [6, 6.07) is 27.4. The van der Waals surface area contributed by atoms with Gasteiger partial charge in [-0.1, -0.05) is 36.4 Å². The van der Waals surface area contributed by atoms with E-state index in [2.05, 4.69) is 57.2 Å². The molecular weight excluding hydrogens is 633 g/mol. The molecule has 0 radical (unpaired) electrons. The number of aromatic nitrogens is 2. The second-order valence-electron chi connectivity index (χ2n) is 12.8. The van der Waals surface area contributed by atoms with Gasteiger partial charge < -0.3 is 14.5 Å². The largest absolute Gasteiger partial charge is 0.381 e. The number of hydrogen-bond acceptors (Lipinski definition) is 8. The van der Waals surface area contributed by atoms with Crippen molar-refractivity contribution in [3.8, 4) is 11.1 Å². The predicted molar refractivity (Wildman–Crippen MR) is 184 cm³/mol. The molecule has 0 N–H and O–H groups in total. The maximum absolute atomic E-state index is 13.5. The number of sulfone groups is 1. The highest BCUT2D eigenvalue weighted by Gasteiger charge is 2.44. The number of hydrogen-bond donors (Lipinski definition) is 0. The molecule has 0 bridgehead atoms. The van der Waals surface area contributed by atoms with Crippen molar-refractivity contribution < 1.29 is 21.6 Å². The van der Waals surface area contributed by atoms with Crippen molar-refractivity contribution in [2.45, 2.75) is 29.7 Å². The van der Waals surface area contributed by atoms with E-state index in [4.69, 9.17) is 4.74 Å². The number of fused-ring (bicyclic) bond motifs is 3. The number of ether oxygens (including phenoxy) is 1. The maximum Gasteiger partial charge on any atom is 0.269 e.